The van der Waals surface area contributed by atoms with Gasteiger partial charge in [0.15, 0.2) is 0 Å². The second-order valence-corrected chi connectivity index (χ2v) is 3.88. The van der Waals surface area contributed by atoms with Gasteiger partial charge in [0, 0.05) is 24.2 Å². The molecule has 0 saturated heterocycles. The van der Waals surface area contributed by atoms with Gasteiger partial charge >= 0.3 is 5.97 Å². The summed E-state index contributed by atoms with van der Waals surface area (Å²) >= 11 is 0. The van der Waals surface area contributed by atoms with Gasteiger partial charge in [-0.15, -0.1) is 0 Å². The Labute approximate surface area is 108 Å². The summed E-state index contributed by atoms with van der Waals surface area (Å²) in [6.07, 6.45) is 0.748. The van der Waals surface area contributed by atoms with E-state index in [9.17, 15) is 4.79 Å². The number of nitrogens with two attached hydrogens (primary N) is 1. The third-order valence-corrected chi connectivity index (χ3v) is 2.59. The van der Waals surface area contributed by atoms with E-state index in [1.54, 1.807) is 19.1 Å². The monoisotopic (exact) mass is 246 g/mol. The lowest BCUT2D eigenvalue weighted by atomic mass is 10.0. The maximum absolute atomic E-state index is 11.6. The van der Waals surface area contributed by atoms with Crippen LogP contribution in [-0.4, -0.2) is 26.7 Å². The Bertz CT molecular complexity index is 498. The van der Waals surface area contributed by atoms with Crippen LogP contribution in [0.1, 0.15) is 27.9 Å². The summed E-state index contributed by atoms with van der Waals surface area (Å²) in [5, 5.41) is 3.01. The van der Waals surface area contributed by atoms with Gasteiger partial charge in [-0.2, -0.15) is 0 Å². The van der Waals surface area contributed by atoms with E-state index in [0.29, 0.717) is 11.3 Å². The van der Waals surface area contributed by atoms with Crippen LogP contribution < -0.4 is 11.1 Å². The van der Waals surface area contributed by atoms with Crippen LogP contribution in [0.4, 0.5) is 5.69 Å². The zero-order valence-electron chi connectivity index (χ0n) is 11.0. The molecule has 0 bridgehead atoms. The highest BCUT2D eigenvalue weighted by Crippen LogP contribution is 2.19. The average Bonchev–Trinajstić information content (AvgIpc) is 2.37. The Balaban J connectivity index is 3.03. The molecule has 0 fully saturated rings. The summed E-state index contributed by atoms with van der Waals surface area (Å²) in [7, 11) is 3.23. The molecule has 0 saturated carbocycles. The Hall–Kier alpha value is -1.99. The summed E-state index contributed by atoms with van der Waals surface area (Å²) in [4.78, 5) is 11.6. The lowest BCUT2D eigenvalue weighted by Crippen LogP contribution is -2.07. The van der Waals surface area contributed by atoms with E-state index in [-0.39, 0.29) is 0 Å². The molecule has 1 aromatic carbocycles. The van der Waals surface area contributed by atoms with E-state index < -0.39 is 5.97 Å². The van der Waals surface area contributed by atoms with Crippen LogP contribution in [0.25, 0.3) is 0 Å². The number of anilines is 1. The van der Waals surface area contributed by atoms with E-state index in [0.717, 1.165) is 24.1 Å². The molecule has 96 valence electrons. The van der Waals surface area contributed by atoms with E-state index in [1.165, 1.54) is 7.11 Å². The standard InChI is InChI=1S/C14H18N2O2/c1-10-12(14(17)18-3)8-11(9-13(10)15)6-4-5-7-16-2/h8-9,16H,5,7,15H2,1-3H3. The fourth-order valence-corrected chi connectivity index (χ4v) is 1.48. The number of benzene rings is 1. The van der Waals surface area contributed by atoms with Crippen molar-refractivity contribution in [2.45, 2.75) is 13.3 Å². The number of esters is 1. The molecular weight excluding hydrogens is 228 g/mol. The smallest absolute Gasteiger partial charge is 0.338 e. The average molecular weight is 246 g/mol. The van der Waals surface area contributed by atoms with Gasteiger partial charge in [-0.05, 0) is 31.7 Å². The molecular formula is C14H18N2O2. The number of hydrogen-bond donors (Lipinski definition) is 2. The molecule has 4 nitrogen and oxygen atoms in total. The van der Waals surface area contributed by atoms with Crippen LogP contribution in [0.2, 0.25) is 0 Å². The van der Waals surface area contributed by atoms with Gasteiger partial charge in [0.1, 0.15) is 0 Å². The van der Waals surface area contributed by atoms with E-state index in [2.05, 4.69) is 17.2 Å². The Kier molecular flexibility index (Phi) is 5.22. The van der Waals surface area contributed by atoms with Gasteiger partial charge in [-0.3, -0.25) is 0 Å². The zero-order chi connectivity index (χ0) is 13.5. The van der Waals surface area contributed by atoms with Crippen LogP contribution >= 0.6 is 0 Å². The molecule has 3 N–H and O–H groups in total. The first-order valence-electron chi connectivity index (χ1n) is 5.72. The molecule has 0 aromatic heterocycles. The first kappa shape index (κ1) is 14.1. The van der Waals surface area contributed by atoms with Gasteiger partial charge in [-0.25, -0.2) is 4.79 Å². The highest BCUT2D eigenvalue weighted by atomic mass is 16.5. The molecule has 0 unspecified atom stereocenters. The summed E-state index contributed by atoms with van der Waals surface area (Å²) < 4.78 is 4.72. The quantitative estimate of drug-likeness (QED) is 0.365. The van der Waals surface area contributed by atoms with Crippen molar-refractivity contribution < 1.29 is 9.53 Å². The molecule has 0 spiro atoms. The van der Waals surface area contributed by atoms with Crippen molar-refractivity contribution in [3.05, 3.63) is 28.8 Å². The fourth-order valence-electron chi connectivity index (χ4n) is 1.48. The van der Waals surface area contributed by atoms with Crippen LogP contribution in [-0.2, 0) is 4.74 Å². The fraction of sp³-hybridized carbons (Fsp3) is 0.357. The third kappa shape index (κ3) is 3.51. The minimum atomic E-state index is -0.391. The summed E-state index contributed by atoms with van der Waals surface area (Å²) in [6, 6.07) is 3.48. The minimum Gasteiger partial charge on any atom is -0.465 e. The summed E-state index contributed by atoms with van der Waals surface area (Å²) in [5.41, 5.74) is 8.33. The van der Waals surface area contributed by atoms with Gasteiger partial charge in [0.2, 0.25) is 0 Å². The number of ether oxygens (including phenoxy) is 1. The minimum absolute atomic E-state index is 0.391. The predicted molar refractivity (Wildman–Crippen MR) is 72.4 cm³/mol. The van der Waals surface area contributed by atoms with Crippen molar-refractivity contribution in [1.29, 1.82) is 0 Å². The molecule has 0 aliphatic carbocycles. The second-order valence-electron chi connectivity index (χ2n) is 3.88. The van der Waals surface area contributed by atoms with Crippen LogP contribution in [0.15, 0.2) is 12.1 Å². The SMILES string of the molecule is CNCCC#Cc1cc(N)c(C)c(C(=O)OC)c1. The number of rotatable bonds is 3. The molecule has 1 rings (SSSR count). The van der Waals surface area contributed by atoms with Crippen molar-refractivity contribution in [1.82, 2.24) is 5.32 Å². The van der Waals surface area contributed by atoms with Gasteiger partial charge in [0.05, 0.1) is 12.7 Å². The molecule has 0 atom stereocenters. The highest BCUT2D eigenvalue weighted by molar-refractivity contribution is 5.93. The zero-order valence-corrected chi connectivity index (χ0v) is 11.0. The number of methoxy groups -OCH3 is 1. The maximum Gasteiger partial charge on any atom is 0.338 e. The molecule has 4 heteroatoms. The molecule has 0 amide bonds. The third-order valence-electron chi connectivity index (χ3n) is 2.59. The van der Waals surface area contributed by atoms with E-state index in [4.69, 9.17) is 10.5 Å². The molecule has 0 aliphatic heterocycles. The van der Waals surface area contributed by atoms with Crippen molar-refractivity contribution in [2.75, 3.05) is 26.4 Å². The van der Waals surface area contributed by atoms with Crippen molar-refractivity contribution in [3.63, 3.8) is 0 Å². The Morgan fingerprint density at radius 2 is 2.22 bits per heavy atom. The Morgan fingerprint density at radius 3 is 2.83 bits per heavy atom. The first-order chi connectivity index (χ1) is 8.60. The Morgan fingerprint density at radius 1 is 1.50 bits per heavy atom. The molecule has 0 radical (unpaired) electrons. The summed E-state index contributed by atoms with van der Waals surface area (Å²) in [5.74, 6) is 5.61. The van der Waals surface area contributed by atoms with Gasteiger partial charge in [-0.1, -0.05) is 11.8 Å². The number of carbonyl (C=O) groups excluding carboxylic acids is 1. The van der Waals surface area contributed by atoms with Crippen LogP contribution in [0, 0.1) is 18.8 Å². The van der Waals surface area contributed by atoms with Gasteiger partial charge < -0.3 is 15.8 Å². The highest BCUT2D eigenvalue weighted by Gasteiger charge is 2.12. The topological polar surface area (TPSA) is 64.3 Å². The van der Waals surface area contributed by atoms with E-state index >= 15 is 0 Å². The van der Waals surface area contributed by atoms with Crippen molar-refractivity contribution in [3.8, 4) is 11.8 Å². The lowest BCUT2D eigenvalue weighted by molar-refractivity contribution is 0.0600. The summed E-state index contributed by atoms with van der Waals surface area (Å²) in [6.45, 7) is 2.62. The number of nitrogens with one attached hydrogen (secondary N) is 1. The van der Waals surface area contributed by atoms with Crippen molar-refractivity contribution in [2.24, 2.45) is 0 Å². The molecule has 1 aromatic rings. The van der Waals surface area contributed by atoms with E-state index in [1.807, 2.05) is 7.05 Å². The number of carbonyl (C=O) groups is 1. The maximum atomic E-state index is 11.6. The normalized spacial score (nSPS) is 9.50. The first-order valence-corrected chi connectivity index (χ1v) is 5.72. The number of nitrogen functional groups attached to an aromatic ring is 1. The molecule has 18 heavy (non-hydrogen) atoms. The predicted octanol–water partition coefficient (Wildman–Crippen LogP) is 1.32. The lowest BCUT2D eigenvalue weighted by Gasteiger charge is -2.07. The molecule has 0 heterocycles. The number of hydrogen-bond acceptors (Lipinski definition) is 4. The van der Waals surface area contributed by atoms with Crippen LogP contribution in [0.5, 0.6) is 0 Å². The largest absolute Gasteiger partial charge is 0.465 e. The van der Waals surface area contributed by atoms with Gasteiger partial charge in [0.25, 0.3) is 0 Å². The van der Waals surface area contributed by atoms with Crippen LogP contribution in [0.3, 0.4) is 0 Å². The molecule has 0 aliphatic rings. The second kappa shape index (κ2) is 6.67. The van der Waals surface area contributed by atoms with Crippen molar-refractivity contribution >= 4 is 11.7 Å².